The minimum absolute atomic E-state index is 0.126. The van der Waals surface area contributed by atoms with Crippen molar-refractivity contribution in [3.8, 4) is 11.1 Å². The zero-order valence-electron chi connectivity index (χ0n) is 14.1. The Morgan fingerprint density at radius 1 is 1.12 bits per heavy atom. The Labute approximate surface area is 142 Å². The summed E-state index contributed by atoms with van der Waals surface area (Å²) in [4.78, 5) is 16.1. The Bertz CT molecular complexity index is 646. The maximum Gasteiger partial charge on any atom is 0.320 e. The summed E-state index contributed by atoms with van der Waals surface area (Å²) < 4.78 is 10.2. The molecule has 3 rings (SSSR count). The molecular weight excluding hydrogens is 304 g/mol. The van der Waals surface area contributed by atoms with Gasteiger partial charge in [-0.3, -0.25) is 14.6 Å². The minimum Gasteiger partial charge on any atom is -0.472 e. The van der Waals surface area contributed by atoms with Gasteiger partial charge in [-0.15, -0.1) is 0 Å². The summed E-state index contributed by atoms with van der Waals surface area (Å²) in [5, 5.41) is 0. The van der Waals surface area contributed by atoms with Crippen molar-refractivity contribution in [3.63, 3.8) is 0 Å². The third kappa shape index (κ3) is 4.46. The SMILES string of the molecule is CCOC(=O)CN1CCN(Cc2cccc(-c3ccoc3)c2)CC1. The van der Waals surface area contributed by atoms with Gasteiger partial charge in [-0.05, 0) is 30.2 Å². The van der Waals surface area contributed by atoms with Crippen molar-refractivity contribution in [1.82, 2.24) is 9.80 Å². The number of piperazine rings is 1. The second kappa shape index (κ2) is 8.13. The van der Waals surface area contributed by atoms with Crippen LogP contribution in [0.3, 0.4) is 0 Å². The number of esters is 1. The van der Waals surface area contributed by atoms with Gasteiger partial charge in [0.25, 0.3) is 0 Å². The Kier molecular flexibility index (Phi) is 5.67. The van der Waals surface area contributed by atoms with Crippen molar-refractivity contribution in [3.05, 3.63) is 48.4 Å². The molecule has 1 aromatic carbocycles. The highest BCUT2D eigenvalue weighted by Crippen LogP contribution is 2.21. The first-order valence-corrected chi connectivity index (χ1v) is 8.46. The van der Waals surface area contributed by atoms with Crippen LogP contribution in [0.5, 0.6) is 0 Å². The molecule has 0 unspecified atom stereocenters. The van der Waals surface area contributed by atoms with Crippen LogP contribution in [0.15, 0.2) is 47.3 Å². The van der Waals surface area contributed by atoms with E-state index < -0.39 is 0 Å². The quantitative estimate of drug-likeness (QED) is 0.763. The summed E-state index contributed by atoms with van der Waals surface area (Å²) in [7, 11) is 0. The molecule has 5 heteroatoms. The van der Waals surface area contributed by atoms with Crippen molar-refractivity contribution < 1.29 is 13.9 Å². The molecule has 5 nitrogen and oxygen atoms in total. The van der Waals surface area contributed by atoms with E-state index in [0.29, 0.717) is 13.2 Å². The number of nitrogens with zero attached hydrogens (tertiary/aromatic N) is 2. The zero-order chi connectivity index (χ0) is 16.8. The molecule has 0 aliphatic carbocycles. The van der Waals surface area contributed by atoms with Crippen LogP contribution in [-0.2, 0) is 16.1 Å². The number of ether oxygens (including phenoxy) is 1. The fraction of sp³-hybridized carbons (Fsp3) is 0.421. The van der Waals surface area contributed by atoms with Crippen molar-refractivity contribution in [2.45, 2.75) is 13.5 Å². The Hall–Kier alpha value is -2.11. The number of rotatable bonds is 6. The number of hydrogen-bond donors (Lipinski definition) is 0. The molecule has 0 amide bonds. The van der Waals surface area contributed by atoms with E-state index in [4.69, 9.17) is 9.15 Å². The summed E-state index contributed by atoms with van der Waals surface area (Å²) in [6.07, 6.45) is 3.47. The molecule has 2 heterocycles. The smallest absolute Gasteiger partial charge is 0.320 e. The van der Waals surface area contributed by atoms with Crippen LogP contribution in [0.2, 0.25) is 0 Å². The summed E-state index contributed by atoms with van der Waals surface area (Å²) in [5.74, 6) is -0.126. The standard InChI is InChI=1S/C19H24N2O3/c1-2-24-19(22)14-21-9-7-20(8-10-21)13-16-4-3-5-17(12-16)18-6-11-23-15-18/h3-6,11-12,15H,2,7-10,13-14H2,1H3. The van der Waals surface area contributed by atoms with E-state index in [0.717, 1.165) is 38.3 Å². The van der Waals surface area contributed by atoms with Crippen molar-refractivity contribution >= 4 is 5.97 Å². The van der Waals surface area contributed by atoms with Crippen molar-refractivity contribution in [2.75, 3.05) is 39.3 Å². The van der Waals surface area contributed by atoms with Crippen LogP contribution in [0.25, 0.3) is 11.1 Å². The van der Waals surface area contributed by atoms with Gasteiger partial charge >= 0.3 is 5.97 Å². The molecule has 0 saturated carbocycles. The van der Waals surface area contributed by atoms with Crippen LogP contribution in [0.1, 0.15) is 12.5 Å². The molecule has 1 aliphatic rings. The number of carbonyl (C=O) groups excluding carboxylic acids is 1. The lowest BCUT2D eigenvalue weighted by atomic mass is 10.1. The normalized spacial score (nSPS) is 16.2. The van der Waals surface area contributed by atoms with Crippen molar-refractivity contribution in [2.24, 2.45) is 0 Å². The average Bonchev–Trinajstić information content (AvgIpc) is 3.12. The monoisotopic (exact) mass is 328 g/mol. The molecule has 0 bridgehead atoms. The predicted molar refractivity (Wildman–Crippen MR) is 92.5 cm³/mol. The fourth-order valence-corrected chi connectivity index (χ4v) is 3.03. The fourth-order valence-electron chi connectivity index (χ4n) is 3.03. The highest BCUT2D eigenvalue weighted by Gasteiger charge is 2.19. The molecule has 0 radical (unpaired) electrons. The number of furan rings is 1. The first kappa shape index (κ1) is 16.7. The maximum atomic E-state index is 11.5. The molecule has 1 aliphatic heterocycles. The van der Waals surface area contributed by atoms with Crippen LogP contribution in [0, 0.1) is 0 Å². The Balaban J connectivity index is 1.51. The van der Waals surface area contributed by atoms with Gasteiger partial charge in [0.05, 0.1) is 25.7 Å². The lowest BCUT2D eigenvalue weighted by molar-refractivity contribution is -0.144. The van der Waals surface area contributed by atoms with Gasteiger partial charge in [0.2, 0.25) is 0 Å². The molecule has 24 heavy (non-hydrogen) atoms. The van der Waals surface area contributed by atoms with E-state index in [1.54, 1.807) is 12.5 Å². The lowest BCUT2D eigenvalue weighted by Gasteiger charge is -2.34. The lowest BCUT2D eigenvalue weighted by Crippen LogP contribution is -2.47. The van der Waals surface area contributed by atoms with Gasteiger partial charge < -0.3 is 9.15 Å². The zero-order valence-corrected chi connectivity index (χ0v) is 14.1. The Morgan fingerprint density at radius 3 is 2.62 bits per heavy atom. The highest BCUT2D eigenvalue weighted by atomic mass is 16.5. The van der Waals surface area contributed by atoms with Crippen LogP contribution < -0.4 is 0 Å². The molecule has 0 spiro atoms. The molecule has 0 N–H and O–H groups in total. The van der Waals surface area contributed by atoms with Gasteiger partial charge in [0.15, 0.2) is 0 Å². The van der Waals surface area contributed by atoms with Crippen LogP contribution in [0.4, 0.5) is 0 Å². The van der Waals surface area contributed by atoms with E-state index >= 15 is 0 Å². The van der Waals surface area contributed by atoms with Crippen molar-refractivity contribution in [1.29, 1.82) is 0 Å². The largest absolute Gasteiger partial charge is 0.472 e. The number of carbonyl (C=O) groups is 1. The molecule has 0 atom stereocenters. The van der Waals surface area contributed by atoms with E-state index in [9.17, 15) is 4.79 Å². The van der Waals surface area contributed by atoms with Gasteiger partial charge in [0, 0.05) is 38.3 Å². The molecule has 2 aromatic rings. The van der Waals surface area contributed by atoms with E-state index in [1.807, 2.05) is 13.0 Å². The molecule has 128 valence electrons. The van der Waals surface area contributed by atoms with Crippen LogP contribution >= 0.6 is 0 Å². The second-order valence-corrected chi connectivity index (χ2v) is 6.07. The number of hydrogen-bond acceptors (Lipinski definition) is 5. The molecule has 1 fully saturated rings. The van der Waals surface area contributed by atoms with E-state index in [-0.39, 0.29) is 5.97 Å². The van der Waals surface area contributed by atoms with Gasteiger partial charge in [-0.1, -0.05) is 18.2 Å². The average molecular weight is 328 g/mol. The van der Waals surface area contributed by atoms with Gasteiger partial charge in [-0.25, -0.2) is 0 Å². The van der Waals surface area contributed by atoms with E-state index in [2.05, 4.69) is 34.1 Å². The Morgan fingerprint density at radius 2 is 1.92 bits per heavy atom. The third-order valence-electron chi connectivity index (χ3n) is 4.31. The highest BCUT2D eigenvalue weighted by molar-refractivity contribution is 5.71. The second-order valence-electron chi connectivity index (χ2n) is 6.07. The van der Waals surface area contributed by atoms with E-state index in [1.165, 1.54) is 11.1 Å². The summed E-state index contributed by atoms with van der Waals surface area (Å²) in [5.41, 5.74) is 3.59. The first-order chi connectivity index (χ1) is 11.7. The topological polar surface area (TPSA) is 45.9 Å². The number of benzene rings is 1. The molecule has 1 saturated heterocycles. The molecule has 1 aromatic heterocycles. The summed E-state index contributed by atoms with van der Waals surface area (Å²) >= 11 is 0. The third-order valence-corrected chi connectivity index (χ3v) is 4.31. The maximum absolute atomic E-state index is 11.5. The molecular formula is C19H24N2O3. The van der Waals surface area contributed by atoms with Crippen LogP contribution in [-0.4, -0.2) is 55.1 Å². The van der Waals surface area contributed by atoms with Gasteiger partial charge in [0.1, 0.15) is 0 Å². The van der Waals surface area contributed by atoms with Gasteiger partial charge in [-0.2, -0.15) is 0 Å². The minimum atomic E-state index is -0.126. The summed E-state index contributed by atoms with van der Waals surface area (Å²) in [6.45, 7) is 7.36. The summed E-state index contributed by atoms with van der Waals surface area (Å²) in [6, 6.07) is 10.6. The first-order valence-electron chi connectivity index (χ1n) is 8.46. The predicted octanol–water partition coefficient (Wildman–Crippen LogP) is 2.63.